The van der Waals surface area contributed by atoms with Crippen LogP contribution in [0.1, 0.15) is 5.56 Å². The van der Waals surface area contributed by atoms with Crippen LogP contribution < -0.4 is 5.32 Å². The summed E-state index contributed by atoms with van der Waals surface area (Å²) >= 11 is 0. The SMILES string of the molecule is CNC(=C[N+](=O)[O-])N(C)Cc1cccnc1. The van der Waals surface area contributed by atoms with Gasteiger partial charge in [0.1, 0.15) is 0 Å². The Kier molecular flexibility index (Phi) is 4.26. The van der Waals surface area contributed by atoms with E-state index >= 15 is 0 Å². The maximum Gasteiger partial charge on any atom is 0.274 e. The minimum atomic E-state index is -0.481. The lowest BCUT2D eigenvalue weighted by atomic mass is 10.3. The normalized spacial score (nSPS) is 11.0. The summed E-state index contributed by atoms with van der Waals surface area (Å²) in [7, 11) is 3.42. The van der Waals surface area contributed by atoms with E-state index in [1.807, 2.05) is 12.1 Å². The number of aromatic nitrogens is 1. The number of nitrogens with one attached hydrogen (secondary N) is 1. The van der Waals surface area contributed by atoms with Crippen molar-refractivity contribution in [1.29, 1.82) is 0 Å². The highest BCUT2D eigenvalue weighted by molar-refractivity contribution is 5.09. The van der Waals surface area contributed by atoms with Gasteiger partial charge in [0, 0.05) is 33.0 Å². The van der Waals surface area contributed by atoms with Crippen molar-refractivity contribution in [3.05, 3.63) is 52.2 Å². The van der Waals surface area contributed by atoms with Crippen LogP contribution in [-0.4, -0.2) is 28.9 Å². The number of rotatable bonds is 5. The monoisotopic (exact) mass is 222 g/mol. The molecule has 1 heterocycles. The predicted octanol–water partition coefficient (Wildman–Crippen LogP) is 0.808. The topological polar surface area (TPSA) is 71.3 Å². The van der Waals surface area contributed by atoms with Gasteiger partial charge in [0.15, 0.2) is 5.82 Å². The van der Waals surface area contributed by atoms with Crippen LogP contribution in [0.5, 0.6) is 0 Å². The van der Waals surface area contributed by atoms with Crippen LogP contribution in [0, 0.1) is 10.1 Å². The summed E-state index contributed by atoms with van der Waals surface area (Å²) in [6, 6.07) is 3.75. The van der Waals surface area contributed by atoms with Crippen molar-refractivity contribution in [2.75, 3.05) is 14.1 Å². The summed E-state index contributed by atoms with van der Waals surface area (Å²) in [5, 5.41) is 13.2. The molecule has 0 saturated carbocycles. The van der Waals surface area contributed by atoms with Crippen LogP contribution in [0.3, 0.4) is 0 Å². The smallest absolute Gasteiger partial charge is 0.274 e. The maximum atomic E-state index is 10.4. The summed E-state index contributed by atoms with van der Waals surface area (Å²) in [6.07, 6.45) is 4.36. The minimum Gasteiger partial charge on any atom is -0.370 e. The first-order valence-electron chi connectivity index (χ1n) is 4.76. The van der Waals surface area contributed by atoms with Gasteiger partial charge in [0.2, 0.25) is 0 Å². The van der Waals surface area contributed by atoms with E-state index in [2.05, 4.69) is 10.3 Å². The van der Waals surface area contributed by atoms with Gasteiger partial charge in [-0.15, -0.1) is 0 Å². The summed E-state index contributed by atoms with van der Waals surface area (Å²) in [4.78, 5) is 15.6. The fraction of sp³-hybridized carbons (Fsp3) is 0.300. The molecule has 0 bridgehead atoms. The highest BCUT2D eigenvalue weighted by Gasteiger charge is 2.07. The quantitative estimate of drug-likeness (QED) is 0.589. The van der Waals surface area contributed by atoms with Crippen molar-refractivity contribution < 1.29 is 4.92 Å². The molecule has 1 aromatic rings. The molecule has 0 fully saturated rings. The molecular formula is C10H14N4O2. The second kappa shape index (κ2) is 5.69. The van der Waals surface area contributed by atoms with Gasteiger partial charge >= 0.3 is 0 Å². The first-order valence-corrected chi connectivity index (χ1v) is 4.76. The van der Waals surface area contributed by atoms with Gasteiger partial charge in [0.05, 0.1) is 4.92 Å². The Hall–Kier alpha value is -2.11. The average Bonchev–Trinajstić information content (AvgIpc) is 2.26. The molecule has 1 aromatic heterocycles. The number of nitro groups is 1. The lowest BCUT2D eigenvalue weighted by Gasteiger charge is -2.19. The first-order chi connectivity index (χ1) is 7.63. The highest BCUT2D eigenvalue weighted by atomic mass is 16.6. The fourth-order valence-corrected chi connectivity index (χ4v) is 1.30. The van der Waals surface area contributed by atoms with Crippen LogP contribution >= 0.6 is 0 Å². The van der Waals surface area contributed by atoms with Crippen molar-refractivity contribution in [2.24, 2.45) is 0 Å². The van der Waals surface area contributed by atoms with Crippen LogP contribution in [0.4, 0.5) is 0 Å². The van der Waals surface area contributed by atoms with E-state index in [0.717, 1.165) is 11.8 Å². The van der Waals surface area contributed by atoms with E-state index in [4.69, 9.17) is 0 Å². The largest absolute Gasteiger partial charge is 0.370 e. The minimum absolute atomic E-state index is 0.453. The second-order valence-electron chi connectivity index (χ2n) is 3.27. The van der Waals surface area contributed by atoms with Gasteiger partial charge in [-0.2, -0.15) is 0 Å². The summed E-state index contributed by atoms with van der Waals surface area (Å²) in [5.41, 5.74) is 0.995. The number of nitrogens with zero attached hydrogens (tertiary/aromatic N) is 3. The van der Waals surface area contributed by atoms with E-state index in [9.17, 15) is 10.1 Å². The lowest BCUT2D eigenvalue weighted by Crippen LogP contribution is -2.26. The summed E-state index contributed by atoms with van der Waals surface area (Å²) in [6.45, 7) is 0.564. The van der Waals surface area contributed by atoms with Gasteiger partial charge in [-0.25, -0.2) is 0 Å². The Labute approximate surface area is 93.7 Å². The second-order valence-corrected chi connectivity index (χ2v) is 3.27. The highest BCUT2D eigenvalue weighted by Crippen LogP contribution is 2.05. The van der Waals surface area contributed by atoms with Gasteiger partial charge in [-0.05, 0) is 11.6 Å². The molecule has 1 N–H and O–H groups in total. The van der Waals surface area contributed by atoms with Gasteiger partial charge in [-0.3, -0.25) is 15.1 Å². The van der Waals surface area contributed by atoms with Crippen molar-refractivity contribution in [1.82, 2.24) is 15.2 Å². The van der Waals surface area contributed by atoms with Crippen molar-refractivity contribution in [3.63, 3.8) is 0 Å². The molecule has 0 atom stereocenters. The molecule has 0 aliphatic carbocycles. The van der Waals surface area contributed by atoms with Gasteiger partial charge in [-0.1, -0.05) is 6.07 Å². The Morgan fingerprint density at radius 1 is 1.75 bits per heavy atom. The Morgan fingerprint density at radius 3 is 3.00 bits per heavy atom. The fourth-order valence-electron chi connectivity index (χ4n) is 1.30. The molecule has 0 aromatic carbocycles. The van der Waals surface area contributed by atoms with E-state index in [-0.39, 0.29) is 0 Å². The Bertz CT molecular complexity index is 378. The van der Waals surface area contributed by atoms with Crippen LogP contribution in [0.25, 0.3) is 0 Å². The molecule has 0 aliphatic heterocycles. The van der Waals surface area contributed by atoms with E-state index in [1.54, 1.807) is 31.4 Å². The molecule has 0 saturated heterocycles. The number of hydrogen-bond donors (Lipinski definition) is 1. The molecular weight excluding hydrogens is 208 g/mol. The number of pyridine rings is 1. The summed E-state index contributed by atoms with van der Waals surface area (Å²) < 4.78 is 0. The van der Waals surface area contributed by atoms with Crippen molar-refractivity contribution in [3.8, 4) is 0 Å². The average molecular weight is 222 g/mol. The third-order valence-electron chi connectivity index (χ3n) is 2.04. The molecule has 0 radical (unpaired) electrons. The molecule has 16 heavy (non-hydrogen) atoms. The van der Waals surface area contributed by atoms with Crippen LogP contribution in [0.15, 0.2) is 36.5 Å². The van der Waals surface area contributed by atoms with Crippen LogP contribution in [0.2, 0.25) is 0 Å². The van der Waals surface area contributed by atoms with E-state index < -0.39 is 4.92 Å². The third-order valence-corrected chi connectivity index (χ3v) is 2.04. The zero-order valence-electron chi connectivity index (χ0n) is 9.25. The van der Waals surface area contributed by atoms with Gasteiger partial charge in [0.25, 0.3) is 6.20 Å². The first kappa shape index (κ1) is 12.0. The Balaban J connectivity index is 2.70. The molecule has 1 rings (SSSR count). The molecule has 86 valence electrons. The molecule has 0 aliphatic rings. The molecule has 0 amide bonds. The zero-order valence-corrected chi connectivity index (χ0v) is 9.25. The summed E-state index contributed by atoms with van der Waals surface area (Å²) in [5.74, 6) is 0.453. The van der Waals surface area contributed by atoms with E-state index in [0.29, 0.717) is 12.4 Å². The van der Waals surface area contributed by atoms with Gasteiger partial charge < -0.3 is 10.2 Å². The van der Waals surface area contributed by atoms with Crippen molar-refractivity contribution in [2.45, 2.75) is 6.54 Å². The third kappa shape index (κ3) is 3.56. The number of hydrogen-bond acceptors (Lipinski definition) is 5. The Morgan fingerprint density at radius 2 is 2.50 bits per heavy atom. The van der Waals surface area contributed by atoms with Crippen LogP contribution in [-0.2, 0) is 6.54 Å². The zero-order chi connectivity index (χ0) is 12.0. The molecule has 6 heteroatoms. The molecule has 0 unspecified atom stereocenters. The maximum absolute atomic E-state index is 10.4. The van der Waals surface area contributed by atoms with Crippen molar-refractivity contribution >= 4 is 0 Å². The molecule has 6 nitrogen and oxygen atoms in total. The molecule has 0 spiro atoms. The van der Waals surface area contributed by atoms with E-state index in [1.165, 1.54) is 0 Å². The standard InChI is InChI=1S/C10H14N4O2/c1-11-10(8-14(15)16)13(2)7-9-4-3-5-12-6-9/h3-6,8,11H,7H2,1-2H3. The predicted molar refractivity (Wildman–Crippen MR) is 59.8 cm³/mol. The lowest BCUT2D eigenvalue weighted by molar-refractivity contribution is -0.404.